The van der Waals surface area contributed by atoms with Crippen molar-refractivity contribution in [1.29, 1.82) is 0 Å². The van der Waals surface area contributed by atoms with Crippen LogP contribution in [-0.2, 0) is 22.1 Å². The molecule has 0 aliphatic rings. The molecule has 13 heteroatoms. The van der Waals surface area contributed by atoms with E-state index in [9.17, 15) is 38.0 Å². The number of aromatic nitrogens is 2. The maximum absolute atomic E-state index is 12.9. The highest BCUT2D eigenvalue weighted by Crippen LogP contribution is 2.31. The van der Waals surface area contributed by atoms with Gasteiger partial charge in [-0.1, -0.05) is 6.07 Å². The van der Waals surface area contributed by atoms with Crippen LogP contribution in [0.3, 0.4) is 0 Å². The molecule has 2 aromatic rings. The number of carboxylic acid groups (broad SMARTS) is 1. The molecule has 1 atom stereocenters. The van der Waals surface area contributed by atoms with E-state index in [0.717, 1.165) is 29.1 Å². The maximum Gasteiger partial charge on any atom is 0.416 e. The van der Waals surface area contributed by atoms with Gasteiger partial charge in [-0.15, -0.1) is 4.68 Å². The summed E-state index contributed by atoms with van der Waals surface area (Å²) >= 11 is 0. The number of benzene rings is 1. The van der Waals surface area contributed by atoms with Crippen molar-refractivity contribution in [3.63, 3.8) is 0 Å². The first-order valence-electron chi connectivity index (χ1n) is 8.80. The first kappa shape index (κ1) is 23.6. The second kappa shape index (κ2) is 8.62. The van der Waals surface area contributed by atoms with Gasteiger partial charge in [0.25, 0.3) is 0 Å². The van der Waals surface area contributed by atoms with Crippen molar-refractivity contribution < 1.29 is 37.5 Å². The Bertz CT molecular complexity index is 997. The minimum atomic E-state index is -4.64. The lowest BCUT2D eigenvalue weighted by molar-refractivity contribution is -0.390. The normalized spacial score (nSPS) is 12.8. The third-order valence-corrected chi connectivity index (χ3v) is 3.79. The number of amides is 1. The molecule has 0 radical (unpaired) electrons. The zero-order valence-electron chi connectivity index (χ0n) is 16.6. The molecule has 0 aliphatic heterocycles. The number of carboxylic acids is 1. The average Bonchev–Trinajstić information content (AvgIpc) is 3.03. The Morgan fingerprint density at radius 1 is 1.32 bits per heavy atom. The molecule has 0 fully saturated rings. The number of carbonyl (C=O) groups excluding carboxylic acids is 1. The molecule has 1 aromatic carbocycles. The lowest BCUT2D eigenvalue weighted by Crippen LogP contribution is -2.44. The van der Waals surface area contributed by atoms with Crippen LogP contribution in [0.25, 0.3) is 5.69 Å². The van der Waals surface area contributed by atoms with Crippen molar-refractivity contribution in [2.45, 2.75) is 45.0 Å². The van der Waals surface area contributed by atoms with Crippen LogP contribution >= 0.6 is 0 Å². The number of rotatable bonds is 6. The van der Waals surface area contributed by atoms with Gasteiger partial charge in [0.05, 0.1) is 28.1 Å². The number of nitrogens with zero attached hydrogens (tertiary/aromatic N) is 3. The number of nitro groups is 1. The minimum Gasteiger partial charge on any atom is -0.480 e. The zero-order valence-corrected chi connectivity index (χ0v) is 16.6. The van der Waals surface area contributed by atoms with E-state index < -0.39 is 52.6 Å². The molecule has 1 amide bonds. The van der Waals surface area contributed by atoms with E-state index in [1.54, 1.807) is 20.8 Å². The van der Waals surface area contributed by atoms with Crippen LogP contribution in [0.1, 0.15) is 31.9 Å². The number of alkyl halides is 3. The van der Waals surface area contributed by atoms with E-state index in [1.165, 1.54) is 6.07 Å². The van der Waals surface area contributed by atoms with Crippen LogP contribution in [-0.4, -0.2) is 43.5 Å². The third-order valence-electron chi connectivity index (χ3n) is 3.79. The molecule has 2 N–H and O–H groups in total. The predicted octanol–water partition coefficient (Wildman–Crippen LogP) is 3.32. The number of ether oxygens (including phenoxy) is 1. The molecule has 0 aliphatic carbocycles. The van der Waals surface area contributed by atoms with E-state index in [-0.39, 0.29) is 11.3 Å². The Morgan fingerprint density at radius 2 is 1.97 bits per heavy atom. The van der Waals surface area contributed by atoms with Gasteiger partial charge in [-0.25, -0.2) is 9.59 Å². The fraction of sp³-hybridized carbons (Fsp3) is 0.389. The number of hydrogen-bond acceptors (Lipinski definition) is 6. The highest BCUT2D eigenvalue weighted by atomic mass is 19.4. The van der Waals surface area contributed by atoms with Gasteiger partial charge in [-0.3, -0.25) is 0 Å². The van der Waals surface area contributed by atoms with E-state index in [4.69, 9.17) is 4.74 Å². The Hall–Kier alpha value is -3.64. The van der Waals surface area contributed by atoms with Crippen LogP contribution in [0.4, 0.5) is 23.8 Å². The molecule has 168 valence electrons. The smallest absolute Gasteiger partial charge is 0.416 e. The monoisotopic (exact) mass is 444 g/mol. The SMILES string of the molecule is CC(C)(C)OC(=O)N[C@@H](Cc1cn(-c2cccc(C(F)(F)F)c2)nc1[N+](=O)[O-])C(=O)O. The lowest BCUT2D eigenvalue weighted by Gasteiger charge is -2.21. The second-order valence-electron chi connectivity index (χ2n) is 7.47. The molecule has 0 bridgehead atoms. The number of alkyl carbamates (subject to hydrolysis) is 1. The first-order chi connectivity index (χ1) is 14.2. The molecule has 0 unspecified atom stereocenters. The first-order valence-corrected chi connectivity index (χ1v) is 8.80. The Labute approximate surface area is 173 Å². The number of hydrogen-bond donors (Lipinski definition) is 2. The van der Waals surface area contributed by atoms with Crippen molar-refractivity contribution in [1.82, 2.24) is 15.1 Å². The Kier molecular flexibility index (Phi) is 6.57. The van der Waals surface area contributed by atoms with Crippen LogP contribution in [0, 0.1) is 10.1 Å². The highest BCUT2D eigenvalue weighted by molar-refractivity contribution is 5.80. The zero-order chi connectivity index (χ0) is 23.6. The Morgan fingerprint density at radius 3 is 2.48 bits per heavy atom. The molecule has 0 spiro atoms. The largest absolute Gasteiger partial charge is 0.480 e. The maximum atomic E-state index is 12.9. The van der Waals surface area contributed by atoms with Gasteiger partial charge < -0.3 is 25.3 Å². The van der Waals surface area contributed by atoms with E-state index in [0.29, 0.717) is 0 Å². The lowest BCUT2D eigenvalue weighted by atomic mass is 10.1. The summed E-state index contributed by atoms with van der Waals surface area (Å²) in [6, 6.07) is 2.33. The third kappa shape index (κ3) is 6.42. The van der Waals surface area contributed by atoms with Crippen LogP contribution in [0.15, 0.2) is 30.5 Å². The van der Waals surface area contributed by atoms with Crippen LogP contribution in [0.2, 0.25) is 0 Å². The number of nitrogens with one attached hydrogen (secondary N) is 1. The summed E-state index contributed by atoms with van der Waals surface area (Å²) in [6.45, 7) is 4.69. The molecule has 31 heavy (non-hydrogen) atoms. The molecule has 10 nitrogen and oxygen atoms in total. The van der Waals surface area contributed by atoms with Gasteiger partial charge in [0.15, 0.2) is 0 Å². The van der Waals surface area contributed by atoms with Crippen molar-refractivity contribution in [3.05, 3.63) is 51.7 Å². The molecular formula is C18H19F3N4O6. The number of carbonyl (C=O) groups is 2. The average molecular weight is 444 g/mol. The summed E-state index contributed by atoms with van der Waals surface area (Å²) in [5.41, 5.74) is -2.21. The van der Waals surface area contributed by atoms with E-state index in [2.05, 4.69) is 10.4 Å². The fourth-order valence-corrected chi connectivity index (χ4v) is 2.53. The second-order valence-corrected chi connectivity index (χ2v) is 7.47. The van der Waals surface area contributed by atoms with Crippen molar-refractivity contribution in [2.24, 2.45) is 0 Å². The summed E-state index contributed by atoms with van der Waals surface area (Å²) in [6.07, 6.45) is -5.19. The summed E-state index contributed by atoms with van der Waals surface area (Å²) in [5, 5.41) is 26.5. The molecule has 1 aromatic heterocycles. The molecule has 1 heterocycles. The van der Waals surface area contributed by atoms with Gasteiger partial charge in [-0.05, 0) is 43.9 Å². The topological polar surface area (TPSA) is 137 Å². The highest BCUT2D eigenvalue weighted by Gasteiger charge is 2.32. The van der Waals surface area contributed by atoms with Crippen molar-refractivity contribution in [2.75, 3.05) is 0 Å². The molecular weight excluding hydrogens is 425 g/mol. The standard InChI is InChI=1S/C18H19F3N4O6/c1-17(2,3)31-16(28)22-13(15(26)27)7-10-9-24(23-14(10)25(29)30)12-6-4-5-11(8-12)18(19,20)21/h4-6,8-9,13H,7H2,1-3H3,(H,22,28)(H,26,27)/t13-/m0/s1. The summed E-state index contributed by atoms with van der Waals surface area (Å²) in [4.78, 5) is 33.9. The molecule has 2 rings (SSSR count). The quantitative estimate of drug-likeness (QED) is 0.515. The van der Waals surface area contributed by atoms with E-state index in [1.807, 2.05) is 0 Å². The summed E-state index contributed by atoms with van der Waals surface area (Å²) in [5.74, 6) is -2.25. The molecule has 0 saturated heterocycles. The summed E-state index contributed by atoms with van der Waals surface area (Å²) in [7, 11) is 0. The van der Waals surface area contributed by atoms with Crippen molar-refractivity contribution in [3.8, 4) is 5.69 Å². The van der Waals surface area contributed by atoms with Crippen molar-refractivity contribution >= 4 is 17.9 Å². The number of halogens is 3. The minimum absolute atomic E-state index is 0.115. The van der Waals surface area contributed by atoms with Gasteiger partial charge in [0.1, 0.15) is 11.6 Å². The van der Waals surface area contributed by atoms with Gasteiger partial charge >= 0.3 is 24.1 Å². The van der Waals surface area contributed by atoms with E-state index >= 15 is 0 Å². The van der Waals surface area contributed by atoms with Gasteiger partial charge in [0.2, 0.25) is 0 Å². The predicted molar refractivity (Wildman–Crippen MR) is 99.7 cm³/mol. The summed E-state index contributed by atoms with van der Waals surface area (Å²) < 4.78 is 44.6. The number of aliphatic carboxylic acids is 1. The Balaban J connectivity index is 2.36. The van der Waals surface area contributed by atoms with Crippen LogP contribution < -0.4 is 5.32 Å². The van der Waals surface area contributed by atoms with Gasteiger partial charge in [0, 0.05) is 6.42 Å². The molecule has 0 saturated carbocycles. The van der Waals surface area contributed by atoms with Gasteiger partial charge in [-0.2, -0.15) is 13.2 Å². The van der Waals surface area contributed by atoms with Crippen LogP contribution in [0.5, 0.6) is 0 Å². The fourth-order valence-electron chi connectivity index (χ4n) is 2.53.